The summed E-state index contributed by atoms with van der Waals surface area (Å²) in [5.41, 5.74) is 0.776. The molecule has 0 fully saturated rings. The van der Waals surface area contributed by atoms with E-state index in [2.05, 4.69) is 16.9 Å². The van der Waals surface area contributed by atoms with Crippen molar-refractivity contribution in [3.05, 3.63) is 24.6 Å². The van der Waals surface area contributed by atoms with E-state index in [1.807, 2.05) is 27.7 Å². The number of allylic oxidation sites excluding steroid dienone is 1. The zero-order valence-electron chi connectivity index (χ0n) is 10.7. The monoisotopic (exact) mass is 222 g/mol. The highest BCUT2D eigenvalue weighted by molar-refractivity contribution is 5.84. The summed E-state index contributed by atoms with van der Waals surface area (Å²) in [6.45, 7) is 11.5. The fourth-order valence-corrected chi connectivity index (χ4v) is 1.32. The predicted molar refractivity (Wildman–Crippen MR) is 69.5 cm³/mol. The van der Waals surface area contributed by atoms with Crippen molar-refractivity contribution in [3.63, 3.8) is 0 Å². The molecule has 3 heteroatoms. The second-order valence-electron chi connectivity index (χ2n) is 3.88. The Bertz CT molecular complexity index is 290. The highest BCUT2D eigenvalue weighted by atomic mass is 16.1. The maximum Gasteiger partial charge on any atom is 0.154 e. The van der Waals surface area contributed by atoms with E-state index >= 15 is 0 Å². The SMILES string of the molecule is C=C/C(=C\N=CC)N[C@H](C(=O)CC)C(C)C. The van der Waals surface area contributed by atoms with Crippen molar-refractivity contribution in [2.45, 2.75) is 40.2 Å². The number of carbonyl (C=O) groups is 1. The maximum atomic E-state index is 11.7. The van der Waals surface area contributed by atoms with Gasteiger partial charge in [-0.05, 0) is 18.9 Å². The molecule has 0 aromatic carbocycles. The summed E-state index contributed by atoms with van der Waals surface area (Å²) in [4.78, 5) is 15.7. The number of rotatable bonds is 7. The molecule has 0 aromatic heterocycles. The van der Waals surface area contributed by atoms with Gasteiger partial charge in [0.15, 0.2) is 5.78 Å². The fourth-order valence-electron chi connectivity index (χ4n) is 1.32. The van der Waals surface area contributed by atoms with Crippen LogP contribution in [0.5, 0.6) is 0 Å². The average Bonchev–Trinajstić information content (AvgIpc) is 2.28. The molecule has 0 aliphatic heterocycles. The van der Waals surface area contributed by atoms with Crippen LogP contribution < -0.4 is 5.32 Å². The third-order valence-corrected chi connectivity index (χ3v) is 2.27. The molecule has 0 amide bonds. The Morgan fingerprint density at radius 3 is 2.50 bits per heavy atom. The standard InChI is InChI=1S/C13H22N2O/c1-6-11(9-14-8-3)15-13(10(4)5)12(16)7-2/h6,8-10,13,15H,1,7H2,2-5H3/b11-9+,14-8?/t13-/m0/s1. The number of ketones is 1. The Hall–Kier alpha value is -1.38. The van der Waals surface area contributed by atoms with Gasteiger partial charge in [-0.2, -0.15) is 0 Å². The second kappa shape index (κ2) is 7.85. The first-order valence-corrected chi connectivity index (χ1v) is 5.66. The lowest BCUT2D eigenvalue weighted by atomic mass is 9.98. The molecule has 0 saturated heterocycles. The van der Waals surface area contributed by atoms with Gasteiger partial charge in [0.2, 0.25) is 0 Å². The summed E-state index contributed by atoms with van der Waals surface area (Å²) in [5.74, 6) is 0.463. The van der Waals surface area contributed by atoms with Crippen LogP contribution in [0.4, 0.5) is 0 Å². The van der Waals surface area contributed by atoms with Crippen molar-refractivity contribution >= 4 is 12.0 Å². The van der Waals surface area contributed by atoms with E-state index in [9.17, 15) is 4.79 Å². The highest BCUT2D eigenvalue weighted by Crippen LogP contribution is 2.08. The van der Waals surface area contributed by atoms with E-state index in [-0.39, 0.29) is 17.7 Å². The lowest BCUT2D eigenvalue weighted by Crippen LogP contribution is -2.39. The predicted octanol–water partition coefficient (Wildman–Crippen LogP) is 2.70. The highest BCUT2D eigenvalue weighted by Gasteiger charge is 2.20. The number of nitrogens with zero attached hydrogens (tertiary/aromatic N) is 1. The number of Topliss-reactive ketones (excluding diaryl/α,β-unsaturated/α-hetero) is 1. The Morgan fingerprint density at radius 1 is 1.50 bits per heavy atom. The molecule has 0 saturated carbocycles. The van der Waals surface area contributed by atoms with Crippen LogP contribution in [0.1, 0.15) is 34.1 Å². The Balaban J connectivity index is 4.72. The van der Waals surface area contributed by atoms with Gasteiger partial charge in [0.05, 0.1) is 11.7 Å². The van der Waals surface area contributed by atoms with Gasteiger partial charge in [0.1, 0.15) is 0 Å². The summed E-state index contributed by atoms with van der Waals surface area (Å²) in [6, 6.07) is -0.165. The van der Waals surface area contributed by atoms with Crippen LogP contribution >= 0.6 is 0 Å². The summed E-state index contributed by atoms with van der Waals surface area (Å²) >= 11 is 0. The maximum absolute atomic E-state index is 11.7. The van der Waals surface area contributed by atoms with Gasteiger partial charge in [-0.1, -0.05) is 27.4 Å². The minimum absolute atomic E-state index is 0.165. The summed E-state index contributed by atoms with van der Waals surface area (Å²) in [6.07, 6.45) is 5.57. The fraction of sp³-hybridized carbons (Fsp3) is 0.538. The van der Waals surface area contributed by atoms with Crippen LogP contribution in [0.25, 0.3) is 0 Å². The summed E-state index contributed by atoms with van der Waals surface area (Å²) in [5, 5.41) is 3.17. The van der Waals surface area contributed by atoms with Crippen LogP contribution in [0, 0.1) is 5.92 Å². The van der Waals surface area contributed by atoms with Crippen molar-refractivity contribution in [2.75, 3.05) is 0 Å². The molecule has 3 nitrogen and oxygen atoms in total. The van der Waals surface area contributed by atoms with E-state index < -0.39 is 0 Å². The van der Waals surface area contributed by atoms with E-state index in [0.717, 1.165) is 5.70 Å². The molecule has 0 bridgehead atoms. The first-order valence-electron chi connectivity index (χ1n) is 5.66. The van der Waals surface area contributed by atoms with Crippen molar-refractivity contribution in [1.82, 2.24) is 5.32 Å². The largest absolute Gasteiger partial charge is 0.374 e. The molecule has 0 rings (SSSR count). The number of hydrogen-bond acceptors (Lipinski definition) is 3. The number of carbonyl (C=O) groups excluding carboxylic acids is 1. The Labute approximate surface area is 98.3 Å². The molecule has 0 unspecified atom stereocenters. The van der Waals surface area contributed by atoms with Crippen LogP contribution in [0.3, 0.4) is 0 Å². The summed E-state index contributed by atoms with van der Waals surface area (Å²) in [7, 11) is 0. The lowest BCUT2D eigenvalue weighted by Gasteiger charge is -2.22. The minimum Gasteiger partial charge on any atom is -0.374 e. The molecule has 0 radical (unpaired) electrons. The van der Waals surface area contributed by atoms with Crippen molar-refractivity contribution in [1.29, 1.82) is 0 Å². The molecule has 16 heavy (non-hydrogen) atoms. The van der Waals surface area contributed by atoms with Crippen molar-refractivity contribution < 1.29 is 4.79 Å². The van der Waals surface area contributed by atoms with E-state index in [0.29, 0.717) is 6.42 Å². The first-order chi connectivity index (χ1) is 7.56. The minimum atomic E-state index is -0.165. The normalized spacial score (nSPS) is 14.2. The van der Waals surface area contributed by atoms with Gasteiger partial charge in [0.25, 0.3) is 0 Å². The molecule has 90 valence electrons. The molecule has 1 N–H and O–H groups in total. The number of hydrogen-bond donors (Lipinski definition) is 1. The molecule has 1 atom stereocenters. The Morgan fingerprint density at radius 2 is 2.12 bits per heavy atom. The van der Waals surface area contributed by atoms with Gasteiger partial charge >= 0.3 is 0 Å². The summed E-state index contributed by atoms with van der Waals surface area (Å²) < 4.78 is 0. The zero-order chi connectivity index (χ0) is 12.6. The molecule has 0 spiro atoms. The van der Waals surface area contributed by atoms with E-state index in [4.69, 9.17) is 0 Å². The van der Waals surface area contributed by atoms with E-state index in [1.165, 1.54) is 0 Å². The van der Waals surface area contributed by atoms with Crippen LogP contribution in [-0.2, 0) is 4.79 Å². The van der Waals surface area contributed by atoms with Gasteiger partial charge in [-0.3, -0.25) is 9.79 Å². The number of nitrogens with one attached hydrogen (secondary N) is 1. The van der Waals surface area contributed by atoms with Crippen LogP contribution in [0.15, 0.2) is 29.5 Å². The lowest BCUT2D eigenvalue weighted by molar-refractivity contribution is -0.121. The van der Waals surface area contributed by atoms with Gasteiger partial charge in [-0.15, -0.1) is 0 Å². The smallest absolute Gasteiger partial charge is 0.154 e. The third kappa shape index (κ3) is 4.91. The molecule has 0 aliphatic rings. The second-order valence-corrected chi connectivity index (χ2v) is 3.88. The molecule has 0 heterocycles. The topological polar surface area (TPSA) is 41.5 Å². The van der Waals surface area contributed by atoms with Crippen LogP contribution in [0.2, 0.25) is 0 Å². The van der Waals surface area contributed by atoms with Crippen molar-refractivity contribution in [3.8, 4) is 0 Å². The van der Waals surface area contributed by atoms with Gasteiger partial charge in [-0.25, -0.2) is 0 Å². The molecule has 0 aliphatic carbocycles. The first kappa shape index (κ1) is 14.6. The zero-order valence-corrected chi connectivity index (χ0v) is 10.7. The molecule has 0 aromatic rings. The molecular weight excluding hydrogens is 200 g/mol. The van der Waals surface area contributed by atoms with Crippen molar-refractivity contribution in [2.24, 2.45) is 10.9 Å². The quantitative estimate of drug-likeness (QED) is 0.531. The Kier molecular flexibility index (Phi) is 7.18. The average molecular weight is 222 g/mol. The number of aliphatic imine (C=N–C) groups is 1. The van der Waals surface area contributed by atoms with E-state index in [1.54, 1.807) is 18.5 Å². The third-order valence-electron chi connectivity index (χ3n) is 2.27. The van der Waals surface area contributed by atoms with Gasteiger partial charge in [0, 0.05) is 18.8 Å². The molecular formula is C13H22N2O. The van der Waals surface area contributed by atoms with Gasteiger partial charge < -0.3 is 5.32 Å². The van der Waals surface area contributed by atoms with Crippen LogP contribution in [-0.4, -0.2) is 18.0 Å².